The number of nitrogens with one attached hydrogen (secondary N) is 1. The molecule has 0 saturated heterocycles. The molecule has 1 N–H and O–H groups in total. The molecule has 2 rings (SSSR count). The van der Waals surface area contributed by atoms with Crippen LogP contribution in [0.25, 0.3) is 0 Å². The first kappa shape index (κ1) is 14.6. The Hall–Kier alpha value is -1.49. The lowest BCUT2D eigenvalue weighted by atomic mass is 10.2. The smallest absolute Gasteiger partial charge is 0.0729 e. The van der Waals surface area contributed by atoms with Crippen molar-refractivity contribution in [2.45, 2.75) is 32.9 Å². The van der Waals surface area contributed by atoms with Crippen molar-refractivity contribution in [3.63, 3.8) is 0 Å². The van der Waals surface area contributed by atoms with E-state index in [2.05, 4.69) is 40.1 Å². The number of anilines is 1. The maximum atomic E-state index is 4.36. The van der Waals surface area contributed by atoms with Gasteiger partial charge >= 0.3 is 0 Å². The van der Waals surface area contributed by atoms with E-state index < -0.39 is 0 Å². The van der Waals surface area contributed by atoms with Crippen LogP contribution < -0.4 is 5.32 Å². The minimum Gasteiger partial charge on any atom is -0.377 e. The first-order valence-electron chi connectivity index (χ1n) is 5.95. The molecule has 1 unspecified atom stereocenters. The Labute approximate surface area is 114 Å². The van der Waals surface area contributed by atoms with Gasteiger partial charge < -0.3 is 5.32 Å². The van der Waals surface area contributed by atoms with Crippen LogP contribution in [-0.4, -0.2) is 19.6 Å². The highest BCUT2D eigenvalue weighted by molar-refractivity contribution is 5.85. The molecule has 0 radical (unpaired) electrons. The summed E-state index contributed by atoms with van der Waals surface area (Å²) in [6, 6.07) is 2.49. The summed E-state index contributed by atoms with van der Waals surface area (Å²) in [7, 11) is 1.91. The van der Waals surface area contributed by atoms with Crippen molar-refractivity contribution in [2.24, 2.45) is 7.05 Å². The predicted molar refractivity (Wildman–Crippen MR) is 75.0 cm³/mol. The minimum atomic E-state index is 0. The number of hydrogen-bond donors (Lipinski definition) is 1. The molecule has 5 nitrogen and oxygen atoms in total. The zero-order chi connectivity index (χ0) is 12.3. The molecule has 1 atom stereocenters. The highest BCUT2D eigenvalue weighted by Gasteiger charge is 2.08. The van der Waals surface area contributed by atoms with Gasteiger partial charge in [0.15, 0.2) is 0 Å². The van der Waals surface area contributed by atoms with E-state index in [1.54, 1.807) is 4.68 Å². The lowest BCUT2D eigenvalue weighted by molar-refractivity contribution is 0.462. The normalized spacial score (nSPS) is 11.9. The monoisotopic (exact) mass is 269 g/mol. The van der Waals surface area contributed by atoms with E-state index in [1.165, 1.54) is 5.69 Å². The zero-order valence-electron chi connectivity index (χ0n) is 11.0. The van der Waals surface area contributed by atoms with E-state index in [9.17, 15) is 0 Å². The second-order valence-electron chi connectivity index (χ2n) is 4.28. The SMILES string of the molecule is CCC(C)n1nccc1CNc1cnn(C)c1.Cl. The van der Waals surface area contributed by atoms with Gasteiger partial charge in [-0.3, -0.25) is 9.36 Å². The van der Waals surface area contributed by atoms with E-state index >= 15 is 0 Å². The van der Waals surface area contributed by atoms with Crippen molar-refractivity contribution in [3.05, 3.63) is 30.4 Å². The van der Waals surface area contributed by atoms with Crippen LogP contribution in [0.4, 0.5) is 5.69 Å². The molecule has 100 valence electrons. The van der Waals surface area contributed by atoms with Crippen LogP contribution in [0, 0.1) is 0 Å². The van der Waals surface area contributed by atoms with E-state index in [4.69, 9.17) is 0 Å². The third-order valence-electron chi connectivity index (χ3n) is 2.94. The van der Waals surface area contributed by atoms with Gasteiger partial charge in [0.1, 0.15) is 0 Å². The fourth-order valence-electron chi connectivity index (χ4n) is 1.76. The maximum Gasteiger partial charge on any atom is 0.0729 e. The van der Waals surface area contributed by atoms with E-state index in [0.29, 0.717) is 6.04 Å². The zero-order valence-corrected chi connectivity index (χ0v) is 11.8. The van der Waals surface area contributed by atoms with Crippen LogP contribution in [-0.2, 0) is 13.6 Å². The number of nitrogens with zero attached hydrogens (tertiary/aromatic N) is 4. The molecule has 2 heterocycles. The second-order valence-corrected chi connectivity index (χ2v) is 4.28. The van der Waals surface area contributed by atoms with Gasteiger partial charge in [0, 0.05) is 25.5 Å². The quantitative estimate of drug-likeness (QED) is 0.908. The Morgan fingerprint density at radius 2 is 2.17 bits per heavy atom. The number of aryl methyl sites for hydroxylation is 1. The van der Waals surface area contributed by atoms with Gasteiger partial charge in [0.25, 0.3) is 0 Å². The van der Waals surface area contributed by atoms with Crippen molar-refractivity contribution in [1.29, 1.82) is 0 Å². The van der Waals surface area contributed by atoms with Gasteiger partial charge in [-0.15, -0.1) is 12.4 Å². The number of rotatable bonds is 5. The summed E-state index contributed by atoms with van der Waals surface area (Å²) in [5.74, 6) is 0. The molecule has 0 bridgehead atoms. The summed E-state index contributed by atoms with van der Waals surface area (Å²) in [6.45, 7) is 5.13. The lowest BCUT2D eigenvalue weighted by Crippen LogP contribution is -2.12. The van der Waals surface area contributed by atoms with Crippen molar-refractivity contribution in [3.8, 4) is 0 Å². The van der Waals surface area contributed by atoms with Gasteiger partial charge in [0.05, 0.1) is 24.1 Å². The Balaban J connectivity index is 0.00000162. The van der Waals surface area contributed by atoms with Crippen LogP contribution >= 0.6 is 12.4 Å². The number of aromatic nitrogens is 4. The molecule has 0 aliphatic heterocycles. The topological polar surface area (TPSA) is 47.7 Å². The highest BCUT2D eigenvalue weighted by Crippen LogP contribution is 2.13. The molecule has 0 amide bonds. The molecule has 2 aromatic rings. The van der Waals surface area contributed by atoms with Crippen molar-refractivity contribution < 1.29 is 0 Å². The standard InChI is InChI=1S/C12H19N5.ClH/c1-4-10(2)17-12(5-6-14-17)8-13-11-7-15-16(3)9-11;/h5-7,9-10,13H,4,8H2,1-3H3;1H. The van der Waals surface area contributed by atoms with Gasteiger partial charge in [-0.25, -0.2) is 0 Å². The Bertz CT molecular complexity index is 476. The molecule has 6 heteroatoms. The highest BCUT2D eigenvalue weighted by atomic mass is 35.5. The Morgan fingerprint density at radius 3 is 2.78 bits per heavy atom. The average molecular weight is 270 g/mol. The molecular weight excluding hydrogens is 250 g/mol. The second kappa shape index (κ2) is 6.44. The summed E-state index contributed by atoms with van der Waals surface area (Å²) in [6.07, 6.45) is 6.72. The summed E-state index contributed by atoms with van der Waals surface area (Å²) < 4.78 is 3.86. The van der Waals surface area contributed by atoms with E-state index in [0.717, 1.165) is 18.7 Å². The van der Waals surface area contributed by atoms with Gasteiger partial charge in [-0.05, 0) is 19.4 Å². The van der Waals surface area contributed by atoms with E-state index in [1.807, 2.05) is 25.6 Å². The fraction of sp³-hybridized carbons (Fsp3) is 0.500. The average Bonchev–Trinajstić information content (AvgIpc) is 2.94. The molecule has 0 aliphatic carbocycles. The maximum absolute atomic E-state index is 4.36. The van der Waals surface area contributed by atoms with Crippen molar-refractivity contribution in [1.82, 2.24) is 19.6 Å². The van der Waals surface area contributed by atoms with Gasteiger partial charge in [-0.2, -0.15) is 10.2 Å². The minimum absolute atomic E-state index is 0. The summed E-state index contributed by atoms with van der Waals surface area (Å²) in [4.78, 5) is 0. The van der Waals surface area contributed by atoms with Crippen LogP contribution in [0.2, 0.25) is 0 Å². The van der Waals surface area contributed by atoms with Crippen LogP contribution in [0.15, 0.2) is 24.7 Å². The van der Waals surface area contributed by atoms with Crippen molar-refractivity contribution in [2.75, 3.05) is 5.32 Å². The molecule has 0 saturated carbocycles. The predicted octanol–water partition coefficient (Wildman–Crippen LogP) is 2.62. The molecule has 0 fully saturated rings. The molecule has 0 aliphatic rings. The molecular formula is C12H20ClN5. The number of hydrogen-bond acceptors (Lipinski definition) is 3. The van der Waals surface area contributed by atoms with Crippen LogP contribution in [0.5, 0.6) is 0 Å². The summed E-state index contributed by atoms with van der Waals surface area (Å²) in [5, 5.41) is 11.8. The van der Waals surface area contributed by atoms with Crippen LogP contribution in [0.1, 0.15) is 32.0 Å². The molecule has 0 spiro atoms. The fourth-order valence-corrected chi connectivity index (χ4v) is 1.76. The summed E-state index contributed by atoms with van der Waals surface area (Å²) in [5.41, 5.74) is 2.23. The lowest BCUT2D eigenvalue weighted by Gasteiger charge is -2.14. The largest absolute Gasteiger partial charge is 0.377 e. The van der Waals surface area contributed by atoms with Gasteiger partial charge in [-0.1, -0.05) is 6.92 Å². The molecule has 2 aromatic heterocycles. The Kier molecular flexibility index (Phi) is 5.22. The first-order chi connectivity index (χ1) is 8.20. The summed E-state index contributed by atoms with van der Waals surface area (Å²) >= 11 is 0. The van der Waals surface area contributed by atoms with Crippen LogP contribution in [0.3, 0.4) is 0 Å². The van der Waals surface area contributed by atoms with Crippen molar-refractivity contribution >= 4 is 18.1 Å². The molecule has 0 aromatic carbocycles. The van der Waals surface area contributed by atoms with Gasteiger partial charge in [0.2, 0.25) is 0 Å². The first-order valence-corrected chi connectivity index (χ1v) is 5.95. The number of halogens is 1. The third kappa shape index (κ3) is 3.26. The molecule has 18 heavy (non-hydrogen) atoms. The van der Waals surface area contributed by atoms with E-state index in [-0.39, 0.29) is 12.4 Å². The Morgan fingerprint density at radius 1 is 1.39 bits per heavy atom. The third-order valence-corrected chi connectivity index (χ3v) is 2.94.